The fourth-order valence-corrected chi connectivity index (χ4v) is 1.84. The summed E-state index contributed by atoms with van der Waals surface area (Å²) >= 11 is 0. The number of nitrogens with two attached hydrogens (primary N) is 1. The standard InChI is InChI=1S/C11H12FN3O4/c1-6(17)11(3-2-7(5-16)19-11)15-4-8(12)9(13)14-10(15)18/h2-4,7,16H,5H2,1H3,(H2,13,14,18)/t7-,11-/m0/s1. The normalized spacial score (nSPS) is 25.7. The van der Waals surface area contributed by atoms with Crippen molar-refractivity contribution in [3.8, 4) is 0 Å². The minimum absolute atomic E-state index is 0.370. The van der Waals surface area contributed by atoms with E-state index >= 15 is 0 Å². The van der Waals surface area contributed by atoms with Crippen LogP contribution in [0.15, 0.2) is 23.1 Å². The van der Waals surface area contributed by atoms with Crippen LogP contribution in [0.2, 0.25) is 0 Å². The predicted molar refractivity (Wildman–Crippen MR) is 62.6 cm³/mol. The van der Waals surface area contributed by atoms with Crippen LogP contribution in [0.25, 0.3) is 0 Å². The fourth-order valence-electron chi connectivity index (χ4n) is 1.84. The molecule has 8 heteroatoms. The third-order valence-electron chi connectivity index (χ3n) is 2.82. The molecule has 0 fully saturated rings. The monoisotopic (exact) mass is 269 g/mol. The van der Waals surface area contributed by atoms with Gasteiger partial charge in [-0.25, -0.2) is 9.18 Å². The Morgan fingerprint density at radius 2 is 2.42 bits per heavy atom. The number of halogens is 1. The van der Waals surface area contributed by atoms with Gasteiger partial charge in [-0.1, -0.05) is 6.08 Å². The van der Waals surface area contributed by atoms with E-state index < -0.39 is 34.9 Å². The van der Waals surface area contributed by atoms with E-state index in [1.807, 2.05) is 0 Å². The number of hydrogen-bond donors (Lipinski definition) is 2. The van der Waals surface area contributed by atoms with Gasteiger partial charge in [0, 0.05) is 0 Å². The second-order valence-corrected chi connectivity index (χ2v) is 4.08. The van der Waals surface area contributed by atoms with Gasteiger partial charge in [0.25, 0.3) is 0 Å². The SMILES string of the molecule is CC(=O)[C@]1(n2cc(F)c(N)nc2=O)C=C[C@@H](CO)O1. The second-order valence-electron chi connectivity index (χ2n) is 4.08. The number of hydrogen-bond acceptors (Lipinski definition) is 6. The van der Waals surface area contributed by atoms with Crippen LogP contribution in [-0.4, -0.2) is 33.2 Å². The van der Waals surface area contributed by atoms with Gasteiger partial charge < -0.3 is 15.6 Å². The van der Waals surface area contributed by atoms with Crippen LogP contribution in [0.3, 0.4) is 0 Å². The van der Waals surface area contributed by atoms with Crippen molar-refractivity contribution in [2.45, 2.75) is 18.8 Å². The van der Waals surface area contributed by atoms with Gasteiger partial charge in [0.2, 0.25) is 5.72 Å². The number of anilines is 1. The molecule has 1 aromatic rings. The zero-order chi connectivity index (χ0) is 14.2. The molecule has 0 saturated heterocycles. The fraction of sp³-hybridized carbons (Fsp3) is 0.364. The minimum Gasteiger partial charge on any atom is -0.393 e. The molecule has 1 aliphatic rings. The smallest absolute Gasteiger partial charge is 0.352 e. The van der Waals surface area contributed by atoms with Gasteiger partial charge in [-0.15, -0.1) is 0 Å². The summed E-state index contributed by atoms with van der Waals surface area (Å²) in [6.45, 7) is 0.815. The topological polar surface area (TPSA) is 107 Å². The summed E-state index contributed by atoms with van der Waals surface area (Å²) < 4.78 is 19.5. The van der Waals surface area contributed by atoms with Crippen LogP contribution in [0.5, 0.6) is 0 Å². The number of nitrogens with zero attached hydrogens (tertiary/aromatic N) is 2. The minimum atomic E-state index is -1.80. The maximum Gasteiger partial charge on any atom is 0.352 e. The number of nitrogen functional groups attached to an aromatic ring is 1. The first-order valence-electron chi connectivity index (χ1n) is 5.45. The Bertz CT molecular complexity index is 612. The largest absolute Gasteiger partial charge is 0.393 e. The lowest BCUT2D eigenvalue weighted by atomic mass is 10.1. The highest BCUT2D eigenvalue weighted by molar-refractivity contribution is 5.85. The Balaban J connectivity index is 2.60. The lowest BCUT2D eigenvalue weighted by molar-refractivity contribution is -0.152. The van der Waals surface area contributed by atoms with E-state index in [2.05, 4.69) is 4.98 Å². The molecule has 2 atom stereocenters. The van der Waals surface area contributed by atoms with Gasteiger partial charge >= 0.3 is 5.69 Å². The van der Waals surface area contributed by atoms with E-state index in [0.717, 1.165) is 6.20 Å². The first-order valence-corrected chi connectivity index (χ1v) is 5.45. The number of aliphatic hydroxyl groups is 1. The molecule has 0 unspecified atom stereocenters. The summed E-state index contributed by atoms with van der Waals surface area (Å²) in [5.74, 6) is -2.04. The highest BCUT2D eigenvalue weighted by Crippen LogP contribution is 2.28. The van der Waals surface area contributed by atoms with E-state index in [9.17, 15) is 14.0 Å². The Labute approximate surface area is 107 Å². The van der Waals surface area contributed by atoms with E-state index in [4.69, 9.17) is 15.6 Å². The Hall–Kier alpha value is -2.06. The zero-order valence-electron chi connectivity index (χ0n) is 10.0. The first-order chi connectivity index (χ1) is 8.90. The molecule has 2 rings (SSSR count). The molecule has 1 aliphatic heterocycles. The summed E-state index contributed by atoms with van der Waals surface area (Å²) in [5, 5.41) is 9.01. The molecule has 0 saturated carbocycles. The summed E-state index contributed by atoms with van der Waals surface area (Å²) in [6, 6.07) is 0. The van der Waals surface area contributed by atoms with E-state index in [1.54, 1.807) is 0 Å². The number of carbonyl (C=O) groups excluding carboxylic acids is 1. The highest BCUT2D eigenvalue weighted by Gasteiger charge is 2.43. The van der Waals surface area contributed by atoms with Crippen molar-refractivity contribution in [3.63, 3.8) is 0 Å². The lowest BCUT2D eigenvalue weighted by Crippen LogP contribution is -2.47. The quantitative estimate of drug-likeness (QED) is 0.692. The predicted octanol–water partition coefficient (Wildman–Crippen LogP) is -0.846. The summed E-state index contributed by atoms with van der Waals surface area (Å²) in [5.41, 5.74) is 2.46. The molecule has 102 valence electrons. The third-order valence-corrected chi connectivity index (χ3v) is 2.82. The van der Waals surface area contributed by atoms with Crippen molar-refractivity contribution in [2.24, 2.45) is 0 Å². The molecule has 0 aromatic carbocycles. The maximum atomic E-state index is 13.4. The van der Waals surface area contributed by atoms with Crippen LogP contribution in [-0.2, 0) is 15.3 Å². The molecular formula is C11H12FN3O4. The Morgan fingerprint density at radius 1 is 1.74 bits per heavy atom. The van der Waals surface area contributed by atoms with E-state index in [0.29, 0.717) is 4.57 Å². The molecule has 0 spiro atoms. The van der Waals surface area contributed by atoms with E-state index in [-0.39, 0.29) is 6.61 Å². The summed E-state index contributed by atoms with van der Waals surface area (Å²) in [6.07, 6.45) is 2.71. The van der Waals surface area contributed by atoms with Gasteiger partial charge in [0.15, 0.2) is 17.4 Å². The number of ether oxygens (including phenoxy) is 1. The van der Waals surface area contributed by atoms with Crippen molar-refractivity contribution in [3.05, 3.63) is 34.7 Å². The molecule has 0 radical (unpaired) electrons. The van der Waals surface area contributed by atoms with Gasteiger partial charge in [0.05, 0.1) is 12.8 Å². The molecule has 19 heavy (non-hydrogen) atoms. The van der Waals surface area contributed by atoms with Crippen LogP contribution in [0, 0.1) is 5.82 Å². The summed E-state index contributed by atoms with van der Waals surface area (Å²) in [7, 11) is 0. The number of aliphatic hydroxyl groups excluding tert-OH is 1. The van der Waals surface area contributed by atoms with Crippen molar-refractivity contribution in [1.29, 1.82) is 0 Å². The average molecular weight is 269 g/mol. The molecule has 3 N–H and O–H groups in total. The Morgan fingerprint density at radius 3 is 2.95 bits per heavy atom. The van der Waals surface area contributed by atoms with Gasteiger partial charge in [-0.05, 0) is 13.0 Å². The number of carbonyl (C=O) groups is 1. The zero-order valence-corrected chi connectivity index (χ0v) is 10.0. The van der Waals surface area contributed by atoms with Gasteiger partial charge in [-0.3, -0.25) is 9.36 Å². The molecule has 0 amide bonds. The number of aromatic nitrogens is 2. The molecule has 1 aromatic heterocycles. The van der Waals surface area contributed by atoms with Crippen LogP contribution in [0.1, 0.15) is 6.92 Å². The highest BCUT2D eigenvalue weighted by atomic mass is 19.1. The maximum absolute atomic E-state index is 13.4. The third kappa shape index (κ3) is 2.04. The van der Waals surface area contributed by atoms with Crippen LogP contribution < -0.4 is 11.4 Å². The van der Waals surface area contributed by atoms with Gasteiger partial charge in [-0.2, -0.15) is 4.98 Å². The second kappa shape index (κ2) is 4.56. The number of rotatable bonds is 3. The van der Waals surface area contributed by atoms with Crippen molar-refractivity contribution < 1.29 is 19.0 Å². The molecule has 2 heterocycles. The van der Waals surface area contributed by atoms with Crippen LogP contribution in [0.4, 0.5) is 10.2 Å². The molecule has 7 nitrogen and oxygen atoms in total. The summed E-state index contributed by atoms with van der Waals surface area (Å²) in [4.78, 5) is 26.8. The van der Waals surface area contributed by atoms with Crippen molar-refractivity contribution in [2.75, 3.05) is 12.3 Å². The molecular weight excluding hydrogens is 257 g/mol. The lowest BCUT2D eigenvalue weighted by Gasteiger charge is -2.27. The van der Waals surface area contributed by atoms with Crippen molar-refractivity contribution in [1.82, 2.24) is 9.55 Å². The van der Waals surface area contributed by atoms with Crippen molar-refractivity contribution >= 4 is 11.6 Å². The van der Waals surface area contributed by atoms with Crippen LogP contribution >= 0.6 is 0 Å². The van der Waals surface area contributed by atoms with Gasteiger partial charge in [0.1, 0.15) is 6.10 Å². The first kappa shape index (κ1) is 13.4. The number of Topliss-reactive ketones (excluding diaryl/α,β-unsaturated/α-hetero) is 1. The molecule has 0 bridgehead atoms. The number of ketones is 1. The molecule has 0 aliphatic carbocycles. The Kier molecular flexibility index (Phi) is 3.21. The van der Waals surface area contributed by atoms with E-state index in [1.165, 1.54) is 19.1 Å². The average Bonchev–Trinajstić information content (AvgIpc) is 2.79.